The van der Waals surface area contributed by atoms with E-state index in [1.54, 1.807) is 12.4 Å². The van der Waals surface area contributed by atoms with E-state index < -0.39 is 0 Å². The third-order valence-corrected chi connectivity index (χ3v) is 5.27. The monoisotopic (exact) mass is 375 g/mol. The van der Waals surface area contributed by atoms with Crippen molar-refractivity contribution in [2.24, 2.45) is 11.7 Å². The van der Waals surface area contributed by atoms with Gasteiger partial charge in [0.25, 0.3) is 5.56 Å². The second kappa shape index (κ2) is 8.46. The zero-order chi connectivity index (χ0) is 19.3. The summed E-state index contributed by atoms with van der Waals surface area (Å²) in [6.07, 6.45) is 5.86. The van der Waals surface area contributed by atoms with Crippen molar-refractivity contribution in [3.8, 4) is 22.6 Å². The van der Waals surface area contributed by atoms with E-state index in [0.717, 1.165) is 37.3 Å². The van der Waals surface area contributed by atoms with Crippen LogP contribution >= 0.6 is 0 Å². The molecule has 1 saturated heterocycles. The molecular weight excluding hydrogens is 350 g/mol. The standard InChI is InChI=1S/C22H25N5O/c23-12-17-3-2-10-27(15-17)14-16-5-7-18(8-6-16)22-25-20(11-21(28)26-22)19-4-1-9-24-13-19/h1,4-9,11,13,17H,2-3,10,12,14-15,23H2,(H,25,26,28)/t17-/m1/s1. The molecule has 6 heteroatoms. The van der Waals surface area contributed by atoms with Gasteiger partial charge in [-0.1, -0.05) is 24.3 Å². The van der Waals surface area contributed by atoms with E-state index in [4.69, 9.17) is 5.73 Å². The summed E-state index contributed by atoms with van der Waals surface area (Å²) in [5.74, 6) is 1.18. The Morgan fingerprint density at radius 3 is 2.79 bits per heavy atom. The van der Waals surface area contributed by atoms with E-state index in [-0.39, 0.29) is 5.56 Å². The molecule has 3 heterocycles. The Morgan fingerprint density at radius 1 is 1.18 bits per heavy atom. The van der Waals surface area contributed by atoms with Crippen molar-refractivity contribution in [3.63, 3.8) is 0 Å². The fourth-order valence-corrected chi connectivity index (χ4v) is 3.77. The maximum Gasteiger partial charge on any atom is 0.251 e. The normalized spacial score (nSPS) is 17.5. The summed E-state index contributed by atoms with van der Waals surface area (Å²) in [7, 11) is 0. The van der Waals surface area contributed by atoms with Crippen LogP contribution in [0.3, 0.4) is 0 Å². The minimum Gasteiger partial charge on any atom is -0.330 e. The molecule has 3 N–H and O–H groups in total. The van der Waals surface area contributed by atoms with Gasteiger partial charge in [-0.2, -0.15) is 0 Å². The van der Waals surface area contributed by atoms with Crippen LogP contribution in [0.1, 0.15) is 18.4 Å². The largest absolute Gasteiger partial charge is 0.330 e. The van der Waals surface area contributed by atoms with Crippen molar-refractivity contribution in [1.29, 1.82) is 0 Å². The van der Waals surface area contributed by atoms with Gasteiger partial charge in [0.1, 0.15) is 5.82 Å². The lowest BCUT2D eigenvalue weighted by Gasteiger charge is -2.32. The molecule has 0 spiro atoms. The lowest BCUT2D eigenvalue weighted by Crippen LogP contribution is -2.37. The summed E-state index contributed by atoms with van der Waals surface area (Å²) in [4.78, 5) is 26.1. The molecule has 2 aromatic heterocycles. The molecule has 28 heavy (non-hydrogen) atoms. The Kier molecular flexibility index (Phi) is 5.60. The molecule has 144 valence electrons. The van der Waals surface area contributed by atoms with Crippen LogP contribution in [-0.2, 0) is 6.54 Å². The molecular formula is C22H25N5O. The summed E-state index contributed by atoms with van der Waals surface area (Å²) in [5, 5.41) is 0. The summed E-state index contributed by atoms with van der Waals surface area (Å²) in [5.41, 5.74) is 9.27. The van der Waals surface area contributed by atoms with Crippen LogP contribution in [0.5, 0.6) is 0 Å². The van der Waals surface area contributed by atoms with E-state index in [1.807, 2.05) is 24.3 Å². The predicted molar refractivity (Wildman–Crippen MR) is 111 cm³/mol. The van der Waals surface area contributed by atoms with Gasteiger partial charge in [0.05, 0.1) is 5.69 Å². The molecule has 0 bridgehead atoms. The first-order valence-corrected chi connectivity index (χ1v) is 9.75. The van der Waals surface area contributed by atoms with Crippen LogP contribution in [0.15, 0.2) is 59.7 Å². The number of benzene rings is 1. The molecule has 0 unspecified atom stereocenters. The van der Waals surface area contributed by atoms with Crippen LogP contribution in [0, 0.1) is 5.92 Å². The van der Waals surface area contributed by atoms with E-state index in [0.29, 0.717) is 17.4 Å². The fourth-order valence-electron chi connectivity index (χ4n) is 3.77. The second-order valence-corrected chi connectivity index (χ2v) is 7.40. The molecule has 0 aliphatic carbocycles. The minimum atomic E-state index is -0.172. The van der Waals surface area contributed by atoms with E-state index >= 15 is 0 Å². The average molecular weight is 375 g/mol. The number of aromatic amines is 1. The Labute approximate surface area is 164 Å². The number of rotatable bonds is 5. The Hall–Kier alpha value is -2.83. The van der Waals surface area contributed by atoms with E-state index in [2.05, 4.69) is 32.0 Å². The topological polar surface area (TPSA) is 87.9 Å². The van der Waals surface area contributed by atoms with Gasteiger partial charge in [0.2, 0.25) is 0 Å². The van der Waals surface area contributed by atoms with Crippen LogP contribution in [0.25, 0.3) is 22.6 Å². The number of piperidine rings is 1. The van der Waals surface area contributed by atoms with Crippen molar-refractivity contribution >= 4 is 0 Å². The van der Waals surface area contributed by atoms with Gasteiger partial charge in [0.15, 0.2) is 0 Å². The molecule has 0 radical (unpaired) electrons. The number of pyridine rings is 1. The quantitative estimate of drug-likeness (QED) is 0.716. The maximum atomic E-state index is 12.1. The zero-order valence-corrected chi connectivity index (χ0v) is 15.8. The van der Waals surface area contributed by atoms with Crippen molar-refractivity contribution in [1.82, 2.24) is 19.9 Å². The number of hydrogen-bond donors (Lipinski definition) is 2. The lowest BCUT2D eigenvalue weighted by atomic mass is 9.98. The Bertz CT molecular complexity index is 968. The number of nitrogens with zero attached hydrogens (tertiary/aromatic N) is 3. The predicted octanol–water partition coefficient (Wildman–Crippen LogP) is 2.67. The fraction of sp³-hybridized carbons (Fsp3) is 0.318. The maximum absolute atomic E-state index is 12.1. The first kappa shape index (κ1) is 18.5. The number of aromatic nitrogens is 3. The van der Waals surface area contributed by atoms with E-state index in [1.165, 1.54) is 24.5 Å². The number of likely N-dealkylation sites (tertiary alicyclic amines) is 1. The first-order valence-electron chi connectivity index (χ1n) is 9.75. The molecule has 0 amide bonds. The van der Waals surface area contributed by atoms with Crippen molar-refractivity contribution in [3.05, 3.63) is 70.8 Å². The van der Waals surface area contributed by atoms with Crippen LogP contribution in [0.4, 0.5) is 0 Å². The molecule has 1 fully saturated rings. The minimum absolute atomic E-state index is 0.172. The molecule has 0 saturated carbocycles. The Balaban J connectivity index is 1.53. The van der Waals surface area contributed by atoms with Gasteiger partial charge in [-0.25, -0.2) is 4.98 Å². The third-order valence-electron chi connectivity index (χ3n) is 5.27. The molecule has 1 aromatic carbocycles. The van der Waals surface area contributed by atoms with E-state index in [9.17, 15) is 4.79 Å². The van der Waals surface area contributed by atoms with Crippen molar-refractivity contribution in [2.45, 2.75) is 19.4 Å². The van der Waals surface area contributed by atoms with Crippen LogP contribution in [-0.4, -0.2) is 39.5 Å². The third kappa shape index (κ3) is 4.35. The molecule has 1 aliphatic heterocycles. The van der Waals surface area contributed by atoms with Crippen LogP contribution < -0.4 is 11.3 Å². The highest BCUT2D eigenvalue weighted by Crippen LogP contribution is 2.21. The molecule has 4 rings (SSSR count). The van der Waals surface area contributed by atoms with Gasteiger partial charge in [0, 0.05) is 42.7 Å². The highest BCUT2D eigenvalue weighted by atomic mass is 16.1. The number of hydrogen-bond acceptors (Lipinski definition) is 5. The van der Waals surface area contributed by atoms with Gasteiger partial charge >= 0.3 is 0 Å². The van der Waals surface area contributed by atoms with Gasteiger partial charge in [-0.05, 0) is 49.5 Å². The van der Waals surface area contributed by atoms with Crippen molar-refractivity contribution in [2.75, 3.05) is 19.6 Å². The summed E-state index contributed by atoms with van der Waals surface area (Å²) >= 11 is 0. The van der Waals surface area contributed by atoms with Gasteiger partial charge in [-0.3, -0.25) is 14.7 Å². The lowest BCUT2D eigenvalue weighted by molar-refractivity contribution is 0.171. The zero-order valence-electron chi connectivity index (χ0n) is 15.8. The van der Waals surface area contributed by atoms with Crippen LogP contribution in [0.2, 0.25) is 0 Å². The smallest absolute Gasteiger partial charge is 0.251 e. The number of nitrogens with one attached hydrogen (secondary N) is 1. The van der Waals surface area contributed by atoms with Crippen molar-refractivity contribution < 1.29 is 0 Å². The SMILES string of the molecule is NC[C@H]1CCCN(Cc2ccc(-c3nc(-c4cccnc4)cc(=O)[nH]3)cc2)C1. The molecule has 1 atom stereocenters. The number of H-pyrrole nitrogens is 1. The molecule has 6 nitrogen and oxygen atoms in total. The Morgan fingerprint density at radius 2 is 2.04 bits per heavy atom. The molecule has 1 aliphatic rings. The second-order valence-electron chi connectivity index (χ2n) is 7.40. The first-order chi connectivity index (χ1) is 13.7. The van der Waals surface area contributed by atoms with Gasteiger partial charge < -0.3 is 10.7 Å². The van der Waals surface area contributed by atoms with Gasteiger partial charge in [-0.15, -0.1) is 0 Å². The summed E-state index contributed by atoms with van der Waals surface area (Å²) in [6.45, 7) is 3.89. The number of nitrogens with two attached hydrogens (primary N) is 1. The summed E-state index contributed by atoms with van der Waals surface area (Å²) in [6, 6.07) is 13.5. The highest BCUT2D eigenvalue weighted by Gasteiger charge is 2.18. The average Bonchev–Trinajstić information content (AvgIpc) is 2.74. The summed E-state index contributed by atoms with van der Waals surface area (Å²) < 4.78 is 0. The highest BCUT2D eigenvalue weighted by molar-refractivity contribution is 5.62. The molecule has 3 aromatic rings.